The van der Waals surface area contributed by atoms with E-state index in [1.54, 1.807) is 0 Å². The summed E-state index contributed by atoms with van der Waals surface area (Å²) in [5, 5.41) is 12.9. The molecule has 0 aromatic rings. The van der Waals surface area contributed by atoms with E-state index in [1.807, 2.05) is 0 Å². The molecule has 0 aromatic carbocycles. The molecule has 5 heteroatoms. The van der Waals surface area contributed by atoms with Crippen LogP contribution < -0.4 is 5.32 Å². The van der Waals surface area contributed by atoms with Crippen LogP contribution in [0.5, 0.6) is 0 Å². The lowest BCUT2D eigenvalue weighted by atomic mass is 9.86. The fourth-order valence-electron chi connectivity index (χ4n) is 2.52. The van der Waals surface area contributed by atoms with Gasteiger partial charge in [-0.25, -0.2) is 0 Å². The van der Waals surface area contributed by atoms with Gasteiger partial charge >= 0.3 is 0 Å². The maximum Gasteiger partial charge on any atom is 0.0667 e. The molecule has 2 aliphatic heterocycles. The number of aliphatic hydroxyl groups excluding tert-OH is 1. The maximum absolute atomic E-state index is 9.67. The van der Waals surface area contributed by atoms with Crippen LogP contribution in [0.2, 0.25) is 0 Å². The quantitative estimate of drug-likeness (QED) is 0.642. The van der Waals surface area contributed by atoms with E-state index in [-0.39, 0.29) is 17.5 Å². The lowest BCUT2D eigenvalue weighted by molar-refractivity contribution is -0.0544. The first-order chi connectivity index (χ1) is 7.29. The molecule has 0 aromatic heterocycles. The number of hydrogen-bond donors (Lipinski definition) is 2. The van der Waals surface area contributed by atoms with Gasteiger partial charge in [0.05, 0.1) is 30.7 Å². The van der Waals surface area contributed by atoms with Crippen LogP contribution >= 0.6 is 11.6 Å². The highest BCUT2D eigenvalue weighted by Crippen LogP contribution is 2.30. The minimum absolute atomic E-state index is 0.0191. The SMILES string of the molecule is OCC1(N2CCOCC2)CCNCC1Cl. The van der Waals surface area contributed by atoms with E-state index in [9.17, 15) is 5.11 Å². The molecule has 0 radical (unpaired) electrons. The van der Waals surface area contributed by atoms with Gasteiger partial charge in [-0.1, -0.05) is 0 Å². The number of rotatable bonds is 2. The predicted octanol–water partition coefficient (Wildman–Crippen LogP) is -0.350. The molecule has 2 saturated heterocycles. The van der Waals surface area contributed by atoms with Crippen LogP contribution in [-0.4, -0.2) is 66.9 Å². The summed E-state index contributed by atoms with van der Waals surface area (Å²) >= 11 is 6.37. The molecule has 0 saturated carbocycles. The lowest BCUT2D eigenvalue weighted by Crippen LogP contribution is -2.65. The first kappa shape index (κ1) is 11.6. The summed E-state index contributed by atoms with van der Waals surface area (Å²) in [7, 11) is 0. The van der Waals surface area contributed by atoms with Crippen molar-refractivity contribution < 1.29 is 9.84 Å². The first-order valence-corrected chi connectivity index (χ1v) is 6.02. The van der Waals surface area contributed by atoms with Gasteiger partial charge in [0.15, 0.2) is 0 Å². The van der Waals surface area contributed by atoms with E-state index in [1.165, 1.54) is 0 Å². The van der Waals surface area contributed by atoms with Crippen molar-refractivity contribution in [3.05, 3.63) is 0 Å². The summed E-state index contributed by atoms with van der Waals surface area (Å²) in [6.07, 6.45) is 0.914. The van der Waals surface area contributed by atoms with Crippen LogP contribution in [0, 0.1) is 0 Å². The Bertz CT molecular complexity index is 212. The Morgan fingerprint density at radius 2 is 2.20 bits per heavy atom. The summed E-state index contributed by atoms with van der Waals surface area (Å²) in [5.74, 6) is 0. The van der Waals surface area contributed by atoms with Crippen molar-refractivity contribution in [2.24, 2.45) is 0 Å². The number of aliphatic hydroxyl groups is 1. The normalized spacial score (nSPS) is 39.2. The number of halogens is 1. The minimum atomic E-state index is -0.239. The summed E-state index contributed by atoms with van der Waals surface area (Å²) in [6, 6.07) is 0. The molecule has 0 amide bonds. The molecule has 2 N–H and O–H groups in total. The second kappa shape index (κ2) is 4.97. The van der Waals surface area contributed by atoms with E-state index < -0.39 is 0 Å². The van der Waals surface area contributed by atoms with Crippen molar-refractivity contribution in [1.82, 2.24) is 10.2 Å². The van der Waals surface area contributed by atoms with Gasteiger partial charge in [0.25, 0.3) is 0 Å². The molecule has 2 fully saturated rings. The van der Waals surface area contributed by atoms with Crippen molar-refractivity contribution in [3.8, 4) is 0 Å². The number of ether oxygens (including phenoxy) is 1. The Hall–Kier alpha value is 0.130. The van der Waals surface area contributed by atoms with Crippen LogP contribution in [-0.2, 0) is 4.74 Å². The third-order valence-electron chi connectivity index (χ3n) is 3.56. The van der Waals surface area contributed by atoms with Crippen molar-refractivity contribution in [1.29, 1.82) is 0 Å². The number of piperidine rings is 1. The molecule has 0 spiro atoms. The van der Waals surface area contributed by atoms with Gasteiger partial charge in [-0.3, -0.25) is 4.90 Å². The van der Waals surface area contributed by atoms with Crippen LogP contribution in [0.15, 0.2) is 0 Å². The number of nitrogens with one attached hydrogen (secondary N) is 1. The van der Waals surface area contributed by atoms with Gasteiger partial charge in [-0.2, -0.15) is 0 Å². The largest absolute Gasteiger partial charge is 0.394 e. The van der Waals surface area contributed by atoms with Gasteiger partial charge in [-0.15, -0.1) is 11.6 Å². The highest BCUT2D eigenvalue weighted by Gasteiger charge is 2.44. The van der Waals surface area contributed by atoms with Crippen molar-refractivity contribution in [3.63, 3.8) is 0 Å². The van der Waals surface area contributed by atoms with E-state index in [4.69, 9.17) is 16.3 Å². The zero-order valence-electron chi connectivity index (χ0n) is 8.91. The number of hydrogen-bond acceptors (Lipinski definition) is 4. The molecule has 88 valence electrons. The number of alkyl halides is 1. The maximum atomic E-state index is 9.67. The van der Waals surface area contributed by atoms with Gasteiger partial charge in [-0.05, 0) is 13.0 Å². The highest BCUT2D eigenvalue weighted by molar-refractivity contribution is 6.21. The lowest BCUT2D eigenvalue weighted by Gasteiger charge is -2.49. The molecule has 4 nitrogen and oxygen atoms in total. The number of morpholine rings is 1. The third kappa shape index (κ3) is 2.15. The van der Waals surface area contributed by atoms with Crippen LogP contribution in [0.25, 0.3) is 0 Å². The molecule has 2 rings (SSSR count). The summed E-state index contributed by atoms with van der Waals surface area (Å²) in [6.45, 7) is 5.11. The number of nitrogens with zero attached hydrogens (tertiary/aromatic N) is 1. The molecule has 2 heterocycles. The fourth-order valence-corrected chi connectivity index (χ4v) is 2.95. The van der Waals surface area contributed by atoms with Gasteiger partial charge in [0.2, 0.25) is 0 Å². The van der Waals surface area contributed by atoms with Gasteiger partial charge in [0, 0.05) is 19.6 Å². The fraction of sp³-hybridized carbons (Fsp3) is 1.00. The molecule has 15 heavy (non-hydrogen) atoms. The summed E-state index contributed by atoms with van der Waals surface area (Å²) in [5.41, 5.74) is -0.239. The standard InChI is InChI=1S/C10H19ClN2O2/c11-9-7-12-2-1-10(9,8-14)13-3-5-15-6-4-13/h9,12,14H,1-8H2. The topological polar surface area (TPSA) is 44.7 Å². The minimum Gasteiger partial charge on any atom is -0.394 e. The summed E-state index contributed by atoms with van der Waals surface area (Å²) < 4.78 is 5.33. The first-order valence-electron chi connectivity index (χ1n) is 5.58. The molecule has 0 bridgehead atoms. The van der Waals surface area contributed by atoms with E-state index >= 15 is 0 Å². The zero-order chi connectivity index (χ0) is 10.7. The highest BCUT2D eigenvalue weighted by atomic mass is 35.5. The van der Waals surface area contributed by atoms with Gasteiger partial charge in [0.1, 0.15) is 0 Å². The summed E-state index contributed by atoms with van der Waals surface area (Å²) in [4.78, 5) is 2.30. The molecule has 2 unspecified atom stereocenters. The smallest absolute Gasteiger partial charge is 0.0667 e. The zero-order valence-corrected chi connectivity index (χ0v) is 9.67. The molecule has 2 aliphatic rings. The van der Waals surface area contributed by atoms with Crippen molar-refractivity contribution in [2.75, 3.05) is 46.0 Å². The molecular weight excluding hydrogens is 216 g/mol. The monoisotopic (exact) mass is 234 g/mol. The second-order valence-corrected chi connectivity index (χ2v) is 4.81. The molecule has 2 atom stereocenters. The van der Waals surface area contributed by atoms with Crippen molar-refractivity contribution in [2.45, 2.75) is 17.3 Å². The Morgan fingerprint density at radius 3 is 2.80 bits per heavy atom. The van der Waals surface area contributed by atoms with E-state index in [2.05, 4.69) is 10.2 Å². The Balaban J connectivity index is 2.10. The van der Waals surface area contributed by atoms with E-state index in [0.717, 1.165) is 45.8 Å². The van der Waals surface area contributed by atoms with Crippen LogP contribution in [0.1, 0.15) is 6.42 Å². The second-order valence-electron chi connectivity index (χ2n) is 4.28. The predicted molar refractivity (Wildman–Crippen MR) is 59.3 cm³/mol. The Kier molecular flexibility index (Phi) is 3.85. The molecular formula is C10H19ClN2O2. The average molecular weight is 235 g/mol. The molecule has 0 aliphatic carbocycles. The Morgan fingerprint density at radius 1 is 1.47 bits per heavy atom. The van der Waals surface area contributed by atoms with Crippen LogP contribution in [0.4, 0.5) is 0 Å². The van der Waals surface area contributed by atoms with E-state index in [0.29, 0.717) is 0 Å². The van der Waals surface area contributed by atoms with Crippen molar-refractivity contribution >= 4 is 11.6 Å². The average Bonchev–Trinajstić information content (AvgIpc) is 2.31. The Labute approximate surface area is 95.5 Å². The third-order valence-corrected chi connectivity index (χ3v) is 4.12. The van der Waals surface area contributed by atoms with Gasteiger partial charge < -0.3 is 15.2 Å². The van der Waals surface area contributed by atoms with Crippen LogP contribution in [0.3, 0.4) is 0 Å².